The molecular formula is C14H18N2O2. The van der Waals surface area contributed by atoms with Gasteiger partial charge in [-0.25, -0.2) is 4.79 Å². The number of hydrogen-bond acceptors (Lipinski definition) is 3. The van der Waals surface area contributed by atoms with E-state index in [9.17, 15) is 4.79 Å². The SMILES string of the molecule is CCOC(=O)c1n[nH]c2c1C[C@@H]1C2C12CCCC2. The number of nitrogens with zero attached hydrogens (tertiary/aromatic N) is 1. The number of esters is 1. The van der Waals surface area contributed by atoms with E-state index < -0.39 is 0 Å². The Hall–Kier alpha value is -1.32. The molecule has 1 aromatic rings. The second kappa shape index (κ2) is 3.37. The van der Waals surface area contributed by atoms with Crippen molar-refractivity contribution < 1.29 is 9.53 Å². The lowest BCUT2D eigenvalue weighted by atomic mass is 9.92. The summed E-state index contributed by atoms with van der Waals surface area (Å²) in [5.74, 6) is 1.17. The number of carbonyl (C=O) groups is 1. The molecule has 2 saturated carbocycles. The van der Waals surface area contributed by atoms with Crippen LogP contribution in [0.5, 0.6) is 0 Å². The Morgan fingerprint density at radius 1 is 1.50 bits per heavy atom. The lowest BCUT2D eigenvalue weighted by molar-refractivity contribution is 0.0518. The van der Waals surface area contributed by atoms with Gasteiger partial charge in [0.15, 0.2) is 5.69 Å². The zero-order valence-electron chi connectivity index (χ0n) is 10.7. The molecule has 1 heterocycles. The van der Waals surface area contributed by atoms with E-state index in [0.717, 1.165) is 17.9 Å². The van der Waals surface area contributed by atoms with Crippen LogP contribution in [0.15, 0.2) is 0 Å². The predicted molar refractivity (Wildman–Crippen MR) is 65.4 cm³/mol. The van der Waals surface area contributed by atoms with E-state index in [1.165, 1.54) is 31.4 Å². The summed E-state index contributed by atoms with van der Waals surface area (Å²) in [6.07, 6.45) is 6.53. The fraction of sp³-hybridized carbons (Fsp3) is 0.714. The molecule has 1 unspecified atom stereocenters. The smallest absolute Gasteiger partial charge is 0.359 e. The number of fused-ring (bicyclic) bond motifs is 5. The van der Waals surface area contributed by atoms with Gasteiger partial charge in [-0.05, 0) is 37.5 Å². The van der Waals surface area contributed by atoms with Crippen molar-refractivity contribution >= 4 is 5.97 Å². The molecule has 0 aromatic carbocycles. The molecule has 0 bridgehead atoms. The summed E-state index contributed by atoms with van der Waals surface area (Å²) in [7, 11) is 0. The summed E-state index contributed by atoms with van der Waals surface area (Å²) >= 11 is 0. The topological polar surface area (TPSA) is 55.0 Å². The summed E-state index contributed by atoms with van der Waals surface area (Å²) in [6, 6.07) is 0. The monoisotopic (exact) mass is 246 g/mol. The fourth-order valence-corrected chi connectivity index (χ4v) is 4.53. The summed E-state index contributed by atoms with van der Waals surface area (Å²) < 4.78 is 5.06. The fourth-order valence-electron chi connectivity index (χ4n) is 4.53. The molecule has 0 radical (unpaired) electrons. The normalized spacial score (nSPS) is 30.3. The first-order valence-corrected chi connectivity index (χ1v) is 7.02. The third-order valence-corrected chi connectivity index (χ3v) is 5.29. The first kappa shape index (κ1) is 10.6. The number of rotatable bonds is 2. The number of nitrogens with one attached hydrogen (secondary N) is 1. The zero-order valence-corrected chi connectivity index (χ0v) is 10.7. The Morgan fingerprint density at radius 3 is 3.00 bits per heavy atom. The molecule has 3 aliphatic carbocycles. The second-order valence-corrected chi connectivity index (χ2v) is 5.91. The molecule has 3 aliphatic rings. The maximum Gasteiger partial charge on any atom is 0.359 e. The molecule has 4 nitrogen and oxygen atoms in total. The van der Waals surface area contributed by atoms with Crippen LogP contribution in [-0.4, -0.2) is 22.8 Å². The maximum atomic E-state index is 11.8. The quantitative estimate of drug-likeness (QED) is 0.815. The molecule has 1 aromatic heterocycles. The van der Waals surface area contributed by atoms with Crippen LogP contribution >= 0.6 is 0 Å². The molecular weight excluding hydrogens is 228 g/mol. The Bertz CT molecular complexity index is 514. The van der Waals surface area contributed by atoms with Crippen molar-refractivity contribution in [2.45, 2.75) is 44.9 Å². The molecule has 1 N–H and O–H groups in total. The van der Waals surface area contributed by atoms with Gasteiger partial charge in [-0.3, -0.25) is 5.10 Å². The van der Waals surface area contributed by atoms with Gasteiger partial charge >= 0.3 is 5.97 Å². The average Bonchev–Trinajstić information content (AvgIpc) is 2.78. The first-order chi connectivity index (χ1) is 8.78. The highest BCUT2D eigenvalue weighted by Gasteiger charge is 2.69. The van der Waals surface area contributed by atoms with Crippen molar-refractivity contribution in [2.24, 2.45) is 11.3 Å². The van der Waals surface area contributed by atoms with Crippen molar-refractivity contribution in [3.05, 3.63) is 17.0 Å². The minimum Gasteiger partial charge on any atom is -0.461 e. The van der Waals surface area contributed by atoms with E-state index in [-0.39, 0.29) is 5.97 Å². The predicted octanol–water partition coefficient (Wildman–Crippen LogP) is 2.42. The van der Waals surface area contributed by atoms with Crippen LogP contribution in [0.2, 0.25) is 0 Å². The van der Waals surface area contributed by atoms with Crippen molar-refractivity contribution in [3.8, 4) is 0 Å². The van der Waals surface area contributed by atoms with Crippen LogP contribution in [0.4, 0.5) is 0 Å². The molecule has 18 heavy (non-hydrogen) atoms. The second-order valence-electron chi connectivity index (χ2n) is 5.91. The van der Waals surface area contributed by atoms with Gasteiger partial charge in [0.05, 0.1) is 6.61 Å². The van der Waals surface area contributed by atoms with Crippen LogP contribution < -0.4 is 0 Å². The van der Waals surface area contributed by atoms with Crippen LogP contribution in [0.25, 0.3) is 0 Å². The van der Waals surface area contributed by atoms with E-state index in [4.69, 9.17) is 4.74 Å². The van der Waals surface area contributed by atoms with Gasteiger partial charge in [0.25, 0.3) is 0 Å². The Balaban J connectivity index is 1.64. The number of aromatic amines is 1. The molecule has 0 saturated heterocycles. The number of H-pyrrole nitrogens is 1. The minimum absolute atomic E-state index is 0.267. The lowest BCUT2D eigenvalue weighted by Crippen LogP contribution is -2.10. The van der Waals surface area contributed by atoms with Gasteiger partial charge < -0.3 is 4.74 Å². The Kier molecular flexibility index (Phi) is 1.98. The molecule has 0 aliphatic heterocycles. The van der Waals surface area contributed by atoms with E-state index in [2.05, 4.69) is 10.2 Å². The van der Waals surface area contributed by atoms with E-state index in [1.807, 2.05) is 6.92 Å². The highest BCUT2D eigenvalue weighted by molar-refractivity contribution is 5.89. The van der Waals surface area contributed by atoms with E-state index in [1.54, 1.807) is 0 Å². The number of ether oxygens (including phenoxy) is 1. The first-order valence-electron chi connectivity index (χ1n) is 7.02. The lowest BCUT2D eigenvalue weighted by Gasteiger charge is -2.12. The third kappa shape index (κ3) is 1.11. The summed E-state index contributed by atoms with van der Waals surface area (Å²) in [5, 5.41) is 7.31. The number of hydrogen-bond donors (Lipinski definition) is 1. The molecule has 96 valence electrons. The molecule has 0 amide bonds. The molecule has 4 heteroatoms. The largest absolute Gasteiger partial charge is 0.461 e. The van der Waals surface area contributed by atoms with Gasteiger partial charge in [0, 0.05) is 17.2 Å². The van der Waals surface area contributed by atoms with Gasteiger partial charge in [-0.2, -0.15) is 5.10 Å². The van der Waals surface area contributed by atoms with E-state index in [0.29, 0.717) is 23.6 Å². The van der Waals surface area contributed by atoms with Crippen LogP contribution in [-0.2, 0) is 11.2 Å². The van der Waals surface area contributed by atoms with Crippen molar-refractivity contribution in [3.63, 3.8) is 0 Å². The van der Waals surface area contributed by atoms with Gasteiger partial charge in [0.1, 0.15) is 0 Å². The Morgan fingerprint density at radius 2 is 2.28 bits per heavy atom. The summed E-state index contributed by atoms with van der Waals surface area (Å²) in [6.45, 7) is 2.24. The number of carbonyl (C=O) groups excluding carboxylic acids is 1. The van der Waals surface area contributed by atoms with Gasteiger partial charge in [-0.15, -0.1) is 0 Å². The Labute approximate surface area is 106 Å². The van der Waals surface area contributed by atoms with Crippen molar-refractivity contribution in [1.29, 1.82) is 0 Å². The molecule has 1 spiro atoms. The highest BCUT2D eigenvalue weighted by atomic mass is 16.5. The zero-order chi connectivity index (χ0) is 12.3. The van der Waals surface area contributed by atoms with E-state index >= 15 is 0 Å². The van der Waals surface area contributed by atoms with Gasteiger partial charge in [0.2, 0.25) is 0 Å². The standard InChI is InChI=1S/C14H18N2O2/c1-2-18-13(17)12-8-7-9-10(11(8)15-16-12)14(9)5-3-4-6-14/h9-10H,2-7H2,1H3,(H,15,16)/t9-,10?/m1/s1. The summed E-state index contributed by atoms with van der Waals surface area (Å²) in [5.41, 5.74) is 3.49. The number of aromatic nitrogens is 2. The average molecular weight is 246 g/mol. The van der Waals surface area contributed by atoms with Crippen LogP contribution in [0.1, 0.15) is 60.3 Å². The molecule has 2 fully saturated rings. The van der Waals surface area contributed by atoms with Crippen molar-refractivity contribution in [2.75, 3.05) is 6.61 Å². The van der Waals surface area contributed by atoms with Crippen LogP contribution in [0, 0.1) is 11.3 Å². The van der Waals surface area contributed by atoms with Gasteiger partial charge in [-0.1, -0.05) is 12.8 Å². The molecule has 4 rings (SSSR count). The highest BCUT2D eigenvalue weighted by Crippen LogP contribution is 2.76. The third-order valence-electron chi connectivity index (χ3n) is 5.29. The minimum atomic E-state index is -0.267. The van der Waals surface area contributed by atoms with Crippen molar-refractivity contribution in [1.82, 2.24) is 10.2 Å². The maximum absolute atomic E-state index is 11.8. The van der Waals surface area contributed by atoms with Crippen LogP contribution in [0.3, 0.4) is 0 Å². The summed E-state index contributed by atoms with van der Waals surface area (Å²) in [4.78, 5) is 11.8. The molecule has 2 atom stereocenters.